The van der Waals surface area contributed by atoms with E-state index in [4.69, 9.17) is 10.8 Å². The van der Waals surface area contributed by atoms with E-state index in [0.29, 0.717) is 0 Å². The molecule has 0 heterocycles. The molecule has 6 nitrogen and oxygen atoms in total. The molecule has 0 aromatic carbocycles. The first-order chi connectivity index (χ1) is 6.47. The van der Waals surface area contributed by atoms with E-state index in [1.807, 2.05) is 0 Å². The Balaban J connectivity index is 3.86. The van der Waals surface area contributed by atoms with Crippen molar-refractivity contribution in [3.8, 4) is 0 Å². The van der Waals surface area contributed by atoms with Gasteiger partial charge in [-0.15, -0.1) is 0 Å². The van der Waals surface area contributed by atoms with Crippen molar-refractivity contribution in [3.63, 3.8) is 0 Å². The average molecular weight is 203 g/mol. The minimum absolute atomic E-state index is 0.192. The quantitative estimate of drug-likeness (QED) is 0.437. The average Bonchev–Trinajstić information content (AvgIpc) is 2.03. The van der Waals surface area contributed by atoms with Gasteiger partial charge in [-0.05, 0) is 6.92 Å². The summed E-state index contributed by atoms with van der Waals surface area (Å²) in [5.41, 5.74) is 5.09. The number of carboxylic acids is 1. The van der Waals surface area contributed by atoms with Gasteiger partial charge in [-0.1, -0.05) is 0 Å². The predicted octanol–water partition coefficient (Wildman–Crippen LogP) is -0.689. The topological polar surface area (TPSA) is 107 Å². The van der Waals surface area contributed by atoms with Crippen LogP contribution in [-0.4, -0.2) is 35.5 Å². The van der Waals surface area contributed by atoms with Crippen LogP contribution in [0.1, 0.15) is 19.8 Å². The lowest BCUT2D eigenvalue weighted by Crippen LogP contribution is -2.33. The number of rotatable bonds is 6. The summed E-state index contributed by atoms with van der Waals surface area (Å²) in [5.74, 6) is -2.45. The Hall–Kier alpha value is -1.43. The van der Waals surface area contributed by atoms with Crippen molar-refractivity contribution in [1.29, 1.82) is 0 Å². The summed E-state index contributed by atoms with van der Waals surface area (Å²) in [5, 5.41) is 8.37. The third kappa shape index (κ3) is 5.26. The summed E-state index contributed by atoms with van der Waals surface area (Å²) < 4.78 is 4.51. The molecule has 0 aromatic rings. The Morgan fingerprint density at radius 1 is 1.43 bits per heavy atom. The Labute approximate surface area is 81.0 Å². The molecule has 3 N–H and O–H groups in total. The third-order valence-electron chi connectivity index (χ3n) is 1.41. The first-order valence-electron chi connectivity index (χ1n) is 4.13. The van der Waals surface area contributed by atoms with Gasteiger partial charge in [0, 0.05) is 6.42 Å². The van der Waals surface area contributed by atoms with Crippen LogP contribution < -0.4 is 5.73 Å². The first kappa shape index (κ1) is 12.6. The van der Waals surface area contributed by atoms with Gasteiger partial charge in [0.2, 0.25) is 0 Å². The van der Waals surface area contributed by atoms with Crippen molar-refractivity contribution in [2.75, 3.05) is 6.61 Å². The van der Waals surface area contributed by atoms with E-state index in [-0.39, 0.29) is 13.0 Å². The number of hydrogen-bond acceptors (Lipinski definition) is 5. The summed E-state index contributed by atoms with van der Waals surface area (Å²) in [7, 11) is 0. The van der Waals surface area contributed by atoms with Crippen LogP contribution in [0.4, 0.5) is 0 Å². The minimum atomic E-state index is -1.26. The summed E-state index contributed by atoms with van der Waals surface area (Å²) in [4.78, 5) is 32.0. The van der Waals surface area contributed by atoms with Crippen LogP contribution in [0.2, 0.25) is 0 Å². The Kier molecular flexibility index (Phi) is 5.47. The van der Waals surface area contributed by atoms with Crippen LogP contribution in [0, 0.1) is 0 Å². The Morgan fingerprint density at radius 2 is 2.00 bits per heavy atom. The van der Waals surface area contributed by atoms with Gasteiger partial charge in [-0.2, -0.15) is 0 Å². The highest BCUT2D eigenvalue weighted by Crippen LogP contribution is 1.96. The molecule has 0 aliphatic heterocycles. The van der Waals surface area contributed by atoms with Crippen LogP contribution in [0.15, 0.2) is 0 Å². The van der Waals surface area contributed by atoms with Crippen LogP contribution in [0.3, 0.4) is 0 Å². The van der Waals surface area contributed by atoms with Gasteiger partial charge in [0.15, 0.2) is 0 Å². The number of carboxylic acid groups (broad SMARTS) is 1. The number of hydrogen-bond donors (Lipinski definition) is 2. The van der Waals surface area contributed by atoms with Crippen LogP contribution in [0.5, 0.6) is 0 Å². The van der Waals surface area contributed by atoms with Gasteiger partial charge in [-0.3, -0.25) is 14.4 Å². The molecule has 0 aliphatic rings. The molecule has 0 aliphatic carbocycles. The monoisotopic (exact) mass is 203 g/mol. The fourth-order valence-electron chi connectivity index (χ4n) is 0.778. The second-order valence-electron chi connectivity index (χ2n) is 2.67. The van der Waals surface area contributed by atoms with E-state index >= 15 is 0 Å². The van der Waals surface area contributed by atoms with E-state index in [1.165, 1.54) is 0 Å². The molecule has 0 amide bonds. The zero-order chi connectivity index (χ0) is 11.1. The summed E-state index contributed by atoms with van der Waals surface area (Å²) in [6.07, 6.45) is -0.775. The molecule has 14 heavy (non-hydrogen) atoms. The van der Waals surface area contributed by atoms with Crippen molar-refractivity contribution in [3.05, 3.63) is 0 Å². The van der Waals surface area contributed by atoms with Gasteiger partial charge < -0.3 is 15.6 Å². The fourth-order valence-corrected chi connectivity index (χ4v) is 0.778. The third-order valence-corrected chi connectivity index (χ3v) is 1.41. The Morgan fingerprint density at radius 3 is 2.43 bits per heavy atom. The van der Waals surface area contributed by atoms with Crippen molar-refractivity contribution in [1.82, 2.24) is 0 Å². The maximum atomic E-state index is 11.0. The summed E-state index contributed by atoms with van der Waals surface area (Å²) in [6, 6.07) is -1.25. The SMILES string of the molecule is CCOC(=O)CC(=O)C[C@H](N)C(=O)O. The highest BCUT2D eigenvalue weighted by atomic mass is 16.5. The van der Waals surface area contributed by atoms with E-state index in [1.54, 1.807) is 6.92 Å². The molecule has 0 rings (SSSR count). The van der Waals surface area contributed by atoms with Gasteiger partial charge >= 0.3 is 11.9 Å². The standard InChI is InChI=1S/C8H13NO5/c1-2-14-7(11)4-5(10)3-6(9)8(12)13/h6H,2-4,9H2,1H3,(H,12,13)/t6-/m0/s1. The zero-order valence-corrected chi connectivity index (χ0v) is 7.86. The molecule has 0 aromatic heterocycles. The number of carbonyl (C=O) groups excluding carboxylic acids is 2. The molecule has 0 unspecified atom stereocenters. The van der Waals surface area contributed by atoms with E-state index in [9.17, 15) is 14.4 Å². The fraction of sp³-hybridized carbons (Fsp3) is 0.625. The second kappa shape index (κ2) is 6.09. The molecule has 0 saturated heterocycles. The lowest BCUT2D eigenvalue weighted by molar-refractivity contribution is -0.147. The molecule has 80 valence electrons. The number of aliphatic carboxylic acids is 1. The van der Waals surface area contributed by atoms with Crippen molar-refractivity contribution >= 4 is 17.7 Å². The van der Waals surface area contributed by atoms with Crippen LogP contribution in [-0.2, 0) is 19.1 Å². The zero-order valence-electron chi connectivity index (χ0n) is 7.86. The summed E-state index contributed by atoms with van der Waals surface area (Å²) in [6.45, 7) is 1.81. The maximum absolute atomic E-state index is 11.0. The van der Waals surface area contributed by atoms with E-state index in [2.05, 4.69) is 4.74 Å². The number of carbonyl (C=O) groups is 3. The summed E-state index contributed by atoms with van der Waals surface area (Å²) >= 11 is 0. The number of esters is 1. The number of ether oxygens (including phenoxy) is 1. The molecule has 0 saturated carbocycles. The lowest BCUT2D eigenvalue weighted by Gasteiger charge is -2.04. The molecule has 0 spiro atoms. The van der Waals surface area contributed by atoms with Crippen LogP contribution in [0.25, 0.3) is 0 Å². The number of Topliss-reactive ketones (excluding diaryl/α,β-unsaturated/α-hetero) is 1. The van der Waals surface area contributed by atoms with Crippen molar-refractivity contribution in [2.24, 2.45) is 5.73 Å². The molecular weight excluding hydrogens is 190 g/mol. The normalized spacial score (nSPS) is 11.9. The highest BCUT2D eigenvalue weighted by molar-refractivity contribution is 5.97. The molecule has 1 atom stereocenters. The minimum Gasteiger partial charge on any atom is -0.480 e. The molecule has 6 heteroatoms. The molecule has 0 bridgehead atoms. The van der Waals surface area contributed by atoms with Gasteiger partial charge in [-0.25, -0.2) is 0 Å². The molecule has 0 fully saturated rings. The number of nitrogens with two attached hydrogens (primary N) is 1. The smallest absolute Gasteiger partial charge is 0.320 e. The Bertz CT molecular complexity index is 238. The molecule has 0 radical (unpaired) electrons. The van der Waals surface area contributed by atoms with E-state index in [0.717, 1.165) is 0 Å². The molecular formula is C8H13NO5. The van der Waals surface area contributed by atoms with E-state index < -0.39 is 30.2 Å². The van der Waals surface area contributed by atoms with Crippen LogP contribution >= 0.6 is 0 Å². The van der Waals surface area contributed by atoms with Gasteiger partial charge in [0.25, 0.3) is 0 Å². The van der Waals surface area contributed by atoms with Crippen molar-refractivity contribution < 1.29 is 24.2 Å². The highest BCUT2D eigenvalue weighted by Gasteiger charge is 2.18. The van der Waals surface area contributed by atoms with Gasteiger partial charge in [0.1, 0.15) is 18.2 Å². The lowest BCUT2D eigenvalue weighted by atomic mass is 10.1. The predicted molar refractivity (Wildman–Crippen MR) is 46.5 cm³/mol. The van der Waals surface area contributed by atoms with Crippen molar-refractivity contribution in [2.45, 2.75) is 25.8 Å². The number of ketones is 1. The van der Waals surface area contributed by atoms with Gasteiger partial charge in [0.05, 0.1) is 6.61 Å². The maximum Gasteiger partial charge on any atom is 0.320 e. The first-order valence-corrected chi connectivity index (χ1v) is 4.13. The second-order valence-corrected chi connectivity index (χ2v) is 2.67. The largest absolute Gasteiger partial charge is 0.480 e.